The second kappa shape index (κ2) is 5.95. The number of nitrogens with zero attached hydrogens (tertiary/aromatic N) is 1. The van der Waals surface area contributed by atoms with Crippen LogP contribution in [0.3, 0.4) is 0 Å². The number of halogens is 5. The molecule has 106 valence electrons. The summed E-state index contributed by atoms with van der Waals surface area (Å²) in [6, 6.07) is 4.82. The summed E-state index contributed by atoms with van der Waals surface area (Å²) in [5.41, 5.74) is 0.553. The summed E-state index contributed by atoms with van der Waals surface area (Å²) in [5, 5.41) is 0. The molecule has 0 saturated carbocycles. The number of benzene rings is 1. The number of hydrogen-bond acceptors (Lipinski definition) is 1. The van der Waals surface area contributed by atoms with Crippen molar-refractivity contribution in [2.45, 2.75) is 25.6 Å². The molecule has 0 aromatic heterocycles. The van der Waals surface area contributed by atoms with Gasteiger partial charge in [0.25, 0.3) is 0 Å². The lowest BCUT2D eigenvalue weighted by atomic mass is 9.96. The van der Waals surface area contributed by atoms with Crippen LogP contribution in [0.5, 0.6) is 0 Å². The fourth-order valence-corrected chi connectivity index (χ4v) is 2.88. The third-order valence-electron chi connectivity index (χ3n) is 3.45. The summed E-state index contributed by atoms with van der Waals surface area (Å²) < 4.78 is 52.1. The maximum atomic E-state index is 13.6. The number of likely N-dealkylation sites (tertiary alicyclic amines) is 1. The number of rotatable bonds is 2. The summed E-state index contributed by atoms with van der Waals surface area (Å²) >= 11 is 2.10. The molecule has 0 N–H and O–H groups in total. The normalized spacial score (nSPS) is 18.8. The van der Waals surface area contributed by atoms with Crippen LogP contribution in [0.15, 0.2) is 18.2 Å². The maximum Gasteiger partial charge on any atom is 0.391 e. The average molecular weight is 387 g/mol. The van der Waals surface area contributed by atoms with Gasteiger partial charge in [-0.2, -0.15) is 13.2 Å². The van der Waals surface area contributed by atoms with Crippen LogP contribution in [-0.4, -0.2) is 24.2 Å². The smallest absolute Gasteiger partial charge is 0.299 e. The highest BCUT2D eigenvalue weighted by Gasteiger charge is 2.40. The van der Waals surface area contributed by atoms with E-state index in [9.17, 15) is 17.6 Å². The highest BCUT2D eigenvalue weighted by molar-refractivity contribution is 14.1. The van der Waals surface area contributed by atoms with Crippen molar-refractivity contribution < 1.29 is 17.6 Å². The van der Waals surface area contributed by atoms with Gasteiger partial charge in [0.1, 0.15) is 5.82 Å². The molecule has 1 heterocycles. The lowest BCUT2D eigenvalue weighted by Crippen LogP contribution is -2.38. The first-order chi connectivity index (χ1) is 8.86. The molecule has 0 spiro atoms. The number of piperidine rings is 1. The number of alkyl halides is 3. The first-order valence-corrected chi connectivity index (χ1v) is 7.17. The van der Waals surface area contributed by atoms with Gasteiger partial charge in [-0.15, -0.1) is 0 Å². The summed E-state index contributed by atoms with van der Waals surface area (Å²) in [6.45, 7) is 1.12. The number of hydrogen-bond donors (Lipinski definition) is 0. The molecule has 1 saturated heterocycles. The van der Waals surface area contributed by atoms with Crippen LogP contribution in [-0.2, 0) is 6.54 Å². The van der Waals surface area contributed by atoms with Crippen molar-refractivity contribution in [3.05, 3.63) is 33.1 Å². The van der Waals surface area contributed by atoms with Gasteiger partial charge in [0.05, 0.1) is 5.92 Å². The van der Waals surface area contributed by atoms with Crippen molar-refractivity contribution in [1.82, 2.24) is 4.90 Å². The summed E-state index contributed by atoms with van der Waals surface area (Å²) in [5.74, 6) is -1.50. The van der Waals surface area contributed by atoms with E-state index in [1.54, 1.807) is 12.1 Å². The van der Waals surface area contributed by atoms with E-state index in [2.05, 4.69) is 22.6 Å². The zero-order chi connectivity index (χ0) is 14.0. The van der Waals surface area contributed by atoms with Crippen molar-refractivity contribution in [3.8, 4) is 0 Å². The lowest BCUT2D eigenvalue weighted by Gasteiger charge is -2.32. The van der Waals surface area contributed by atoms with E-state index in [0.29, 0.717) is 25.2 Å². The van der Waals surface area contributed by atoms with Crippen LogP contribution in [0, 0.1) is 15.3 Å². The van der Waals surface area contributed by atoms with E-state index < -0.39 is 12.1 Å². The van der Waals surface area contributed by atoms with Crippen LogP contribution < -0.4 is 0 Å². The molecule has 1 aliphatic rings. The van der Waals surface area contributed by atoms with Gasteiger partial charge >= 0.3 is 6.18 Å². The third-order valence-corrected chi connectivity index (χ3v) is 4.12. The van der Waals surface area contributed by atoms with Gasteiger partial charge < -0.3 is 0 Å². The molecule has 1 aromatic carbocycles. The Balaban J connectivity index is 1.94. The molecule has 0 radical (unpaired) electrons. The highest BCUT2D eigenvalue weighted by Crippen LogP contribution is 2.34. The summed E-state index contributed by atoms with van der Waals surface area (Å²) in [7, 11) is 0. The molecule has 0 amide bonds. The highest BCUT2D eigenvalue weighted by atomic mass is 127. The Labute approximate surface area is 123 Å². The van der Waals surface area contributed by atoms with Crippen LogP contribution >= 0.6 is 22.6 Å². The molecule has 1 aromatic rings. The van der Waals surface area contributed by atoms with Gasteiger partial charge in [0.15, 0.2) is 0 Å². The van der Waals surface area contributed by atoms with Gasteiger partial charge in [-0.25, -0.2) is 4.39 Å². The molecule has 19 heavy (non-hydrogen) atoms. The van der Waals surface area contributed by atoms with Crippen molar-refractivity contribution in [2.75, 3.05) is 13.1 Å². The predicted octanol–water partition coefficient (Wildman–Crippen LogP) is 4.20. The summed E-state index contributed by atoms with van der Waals surface area (Å²) in [4.78, 5) is 1.89. The van der Waals surface area contributed by atoms with E-state index in [4.69, 9.17) is 0 Å². The largest absolute Gasteiger partial charge is 0.391 e. The van der Waals surface area contributed by atoms with Crippen molar-refractivity contribution in [2.24, 2.45) is 5.92 Å². The summed E-state index contributed by atoms with van der Waals surface area (Å²) in [6.07, 6.45) is -3.89. The molecule has 0 aliphatic carbocycles. The standard InChI is InChI=1S/C13H14F4IN/c14-12-2-1-11(18)7-9(12)8-19-5-3-10(4-6-19)13(15,16)17/h1-2,7,10H,3-6,8H2. The predicted molar refractivity (Wildman–Crippen MR) is 73.2 cm³/mol. The van der Waals surface area contributed by atoms with Crippen LogP contribution in [0.2, 0.25) is 0 Å². The quantitative estimate of drug-likeness (QED) is 0.543. The molecule has 1 fully saturated rings. The maximum absolute atomic E-state index is 13.6. The van der Waals surface area contributed by atoms with Crippen LogP contribution in [0.25, 0.3) is 0 Å². The molecule has 1 nitrogen and oxygen atoms in total. The minimum Gasteiger partial charge on any atom is -0.299 e. The third kappa shape index (κ3) is 4.05. The average Bonchev–Trinajstić information content (AvgIpc) is 2.33. The molecule has 0 unspecified atom stereocenters. The fourth-order valence-electron chi connectivity index (χ4n) is 2.32. The van der Waals surface area contributed by atoms with Gasteiger partial charge in [0.2, 0.25) is 0 Å². The Bertz CT molecular complexity index is 439. The Morgan fingerprint density at radius 2 is 1.84 bits per heavy atom. The fraction of sp³-hybridized carbons (Fsp3) is 0.538. The van der Waals surface area contributed by atoms with Gasteiger partial charge in [-0.3, -0.25) is 4.90 Å². The molecule has 6 heteroatoms. The molecule has 0 bridgehead atoms. The zero-order valence-corrected chi connectivity index (χ0v) is 12.3. The lowest BCUT2D eigenvalue weighted by molar-refractivity contribution is -0.185. The monoisotopic (exact) mass is 387 g/mol. The second-order valence-corrected chi connectivity index (χ2v) is 6.07. The first-order valence-electron chi connectivity index (χ1n) is 6.09. The Hall–Kier alpha value is -0.370. The SMILES string of the molecule is Fc1ccc(I)cc1CN1CCC(C(F)(F)F)CC1. The van der Waals surface area contributed by atoms with Gasteiger partial charge in [0, 0.05) is 15.7 Å². The topological polar surface area (TPSA) is 3.24 Å². The second-order valence-electron chi connectivity index (χ2n) is 4.83. The Morgan fingerprint density at radius 3 is 2.42 bits per heavy atom. The van der Waals surface area contributed by atoms with E-state index in [0.717, 1.165) is 3.57 Å². The van der Waals surface area contributed by atoms with Crippen molar-refractivity contribution in [1.29, 1.82) is 0 Å². The molecule has 0 atom stereocenters. The van der Waals surface area contributed by atoms with E-state index in [-0.39, 0.29) is 18.7 Å². The Kier molecular flexibility index (Phi) is 4.70. The van der Waals surface area contributed by atoms with Crippen LogP contribution in [0.1, 0.15) is 18.4 Å². The molecular formula is C13H14F4IN. The van der Waals surface area contributed by atoms with Crippen molar-refractivity contribution >= 4 is 22.6 Å². The minimum absolute atomic E-state index is 0.106. The first kappa shape index (κ1) is 15.0. The molecule has 2 rings (SSSR count). The molecule has 1 aliphatic heterocycles. The van der Waals surface area contributed by atoms with E-state index >= 15 is 0 Å². The zero-order valence-electron chi connectivity index (χ0n) is 10.2. The van der Waals surface area contributed by atoms with Crippen molar-refractivity contribution in [3.63, 3.8) is 0 Å². The van der Waals surface area contributed by atoms with E-state index in [1.807, 2.05) is 4.90 Å². The van der Waals surface area contributed by atoms with Gasteiger partial charge in [-0.05, 0) is 66.7 Å². The van der Waals surface area contributed by atoms with Crippen LogP contribution in [0.4, 0.5) is 17.6 Å². The molecular weight excluding hydrogens is 373 g/mol. The van der Waals surface area contributed by atoms with Gasteiger partial charge in [-0.1, -0.05) is 0 Å². The van der Waals surface area contributed by atoms with E-state index in [1.165, 1.54) is 6.07 Å². The Morgan fingerprint density at radius 1 is 1.21 bits per heavy atom. The minimum atomic E-state index is -4.10.